The molecule has 1 saturated carbocycles. The van der Waals surface area contributed by atoms with Crippen LogP contribution in [0.2, 0.25) is 0 Å². The first-order valence-corrected chi connectivity index (χ1v) is 6.68. The average Bonchev–Trinajstić information content (AvgIpc) is 3.09. The molecule has 18 heavy (non-hydrogen) atoms. The third-order valence-electron chi connectivity index (χ3n) is 3.25. The monoisotopic (exact) mass is 250 g/mol. The lowest BCUT2D eigenvalue weighted by molar-refractivity contribution is 0.0717. The highest BCUT2D eigenvalue weighted by Crippen LogP contribution is 2.30. The summed E-state index contributed by atoms with van der Waals surface area (Å²) in [6.07, 6.45) is 2.96. The van der Waals surface area contributed by atoms with Gasteiger partial charge in [-0.1, -0.05) is 20.8 Å². The van der Waals surface area contributed by atoms with Gasteiger partial charge in [0.15, 0.2) is 5.69 Å². The summed E-state index contributed by atoms with van der Waals surface area (Å²) in [5.41, 5.74) is 7.71. The van der Waals surface area contributed by atoms with E-state index in [0.29, 0.717) is 23.3 Å². The smallest absolute Gasteiger partial charge is 0.276 e. The Morgan fingerprint density at radius 2 is 2.22 bits per heavy atom. The quantitative estimate of drug-likeness (QED) is 0.837. The number of aromatic amines is 1. The zero-order chi connectivity index (χ0) is 13.3. The second-order valence-corrected chi connectivity index (χ2v) is 5.40. The molecule has 1 aromatic rings. The summed E-state index contributed by atoms with van der Waals surface area (Å²) in [4.78, 5) is 14.4. The van der Waals surface area contributed by atoms with E-state index in [1.165, 1.54) is 0 Å². The molecular formula is C13H22N4O. The van der Waals surface area contributed by atoms with Gasteiger partial charge in [0.2, 0.25) is 0 Å². The van der Waals surface area contributed by atoms with Gasteiger partial charge in [-0.3, -0.25) is 9.89 Å². The number of hydrogen-bond donors (Lipinski definition) is 2. The standard InChI is InChI=1S/C13H22N4O/c1-4-10-11(14)12(16-15-10)13(18)17(7-8(2)3)9-5-6-9/h8-9H,4-7,14H2,1-3H3,(H,15,16). The van der Waals surface area contributed by atoms with Crippen LogP contribution in [0.5, 0.6) is 0 Å². The van der Waals surface area contributed by atoms with Crippen molar-refractivity contribution < 1.29 is 4.79 Å². The van der Waals surface area contributed by atoms with Gasteiger partial charge in [0.1, 0.15) is 0 Å². The fraction of sp³-hybridized carbons (Fsp3) is 0.692. The fourth-order valence-electron chi connectivity index (χ4n) is 2.13. The summed E-state index contributed by atoms with van der Waals surface area (Å²) < 4.78 is 0. The van der Waals surface area contributed by atoms with E-state index in [1.807, 2.05) is 11.8 Å². The van der Waals surface area contributed by atoms with Crippen LogP contribution in [0.15, 0.2) is 0 Å². The Morgan fingerprint density at radius 1 is 1.56 bits per heavy atom. The zero-order valence-corrected chi connectivity index (χ0v) is 11.4. The van der Waals surface area contributed by atoms with Crippen LogP contribution < -0.4 is 5.73 Å². The van der Waals surface area contributed by atoms with Gasteiger partial charge < -0.3 is 10.6 Å². The van der Waals surface area contributed by atoms with E-state index in [1.54, 1.807) is 0 Å². The average molecular weight is 250 g/mol. The van der Waals surface area contributed by atoms with E-state index >= 15 is 0 Å². The lowest BCUT2D eigenvalue weighted by Crippen LogP contribution is -2.36. The number of nitrogens with zero attached hydrogens (tertiary/aromatic N) is 2. The minimum Gasteiger partial charge on any atom is -0.395 e. The minimum atomic E-state index is -0.0281. The Bertz CT molecular complexity index is 434. The number of H-pyrrole nitrogens is 1. The molecule has 2 rings (SSSR count). The van der Waals surface area contributed by atoms with Crippen LogP contribution in [-0.2, 0) is 6.42 Å². The largest absolute Gasteiger partial charge is 0.395 e. The number of anilines is 1. The first-order chi connectivity index (χ1) is 8.54. The van der Waals surface area contributed by atoms with Crippen LogP contribution in [0.4, 0.5) is 5.69 Å². The SMILES string of the molecule is CCc1[nH]nc(C(=O)N(CC(C)C)C2CC2)c1N. The van der Waals surface area contributed by atoms with E-state index in [2.05, 4.69) is 24.0 Å². The Balaban J connectivity index is 2.19. The molecule has 1 heterocycles. The number of aryl methyl sites for hydroxylation is 1. The van der Waals surface area contributed by atoms with Gasteiger partial charge in [-0.2, -0.15) is 5.10 Å². The fourth-order valence-corrected chi connectivity index (χ4v) is 2.13. The molecule has 1 aliphatic rings. The van der Waals surface area contributed by atoms with Gasteiger partial charge >= 0.3 is 0 Å². The first-order valence-electron chi connectivity index (χ1n) is 6.68. The lowest BCUT2D eigenvalue weighted by atomic mass is 10.2. The maximum atomic E-state index is 12.5. The molecule has 0 atom stereocenters. The topological polar surface area (TPSA) is 75.0 Å². The van der Waals surface area contributed by atoms with Crippen molar-refractivity contribution in [3.05, 3.63) is 11.4 Å². The molecule has 1 fully saturated rings. The summed E-state index contributed by atoms with van der Waals surface area (Å²) in [5, 5.41) is 6.93. The van der Waals surface area contributed by atoms with E-state index < -0.39 is 0 Å². The maximum Gasteiger partial charge on any atom is 0.276 e. The van der Waals surface area contributed by atoms with Crippen molar-refractivity contribution in [2.24, 2.45) is 5.92 Å². The van der Waals surface area contributed by atoms with Crippen molar-refractivity contribution in [3.8, 4) is 0 Å². The van der Waals surface area contributed by atoms with Gasteiger partial charge in [-0.25, -0.2) is 0 Å². The molecule has 0 aromatic carbocycles. The number of nitrogens with one attached hydrogen (secondary N) is 1. The van der Waals surface area contributed by atoms with E-state index in [-0.39, 0.29) is 5.91 Å². The third kappa shape index (κ3) is 2.49. The number of carbonyl (C=O) groups is 1. The van der Waals surface area contributed by atoms with Crippen molar-refractivity contribution in [1.82, 2.24) is 15.1 Å². The highest BCUT2D eigenvalue weighted by atomic mass is 16.2. The molecule has 1 amide bonds. The Morgan fingerprint density at radius 3 is 2.67 bits per heavy atom. The van der Waals surface area contributed by atoms with Crippen molar-refractivity contribution >= 4 is 11.6 Å². The normalized spacial score (nSPS) is 15.1. The number of nitrogen functional groups attached to an aromatic ring is 1. The summed E-state index contributed by atoms with van der Waals surface area (Å²) in [6, 6.07) is 0.390. The van der Waals surface area contributed by atoms with Gasteiger partial charge in [0.05, 0.1) is 11.4 Å². The van der Waals surface area contributed by atoms with Crippen molar-refractivity contribution in [1.29, 1.82) is 0 Å². The van der Waals surface area contributed by atoms with E-state index in [0.717, 1.165) is 31.5 Å². The van der Waals surface area contributed by atoms with E-state index in [9.17, 15) is 4.79 Å². The minimum absolute atomic E-state index is 0.0281. The van der Waals surface area contributed by atoms with E-state index in [4.69, 9.17) is 5.73 Å². The molecule has 5 heteroatoms. The summed E-state index contributed by atoms with van der Waals surface area (Å²) >= 11 is 0. The predicted molar refractivity (Wildman–Crippen MR) is 71.3 cm³/mol. The molecular weight excluding hydrogens is 228 g/mol. The zero-order valence-electron chi connectivity index (χ0n) is 11.4. The van der Waals surface area contributed by atoms with Crippen LogP contribution in [0.3, 0.4) is 0 Å². The second kappa shape index (κ2) is 5.00. The number of amides is 1. The third-order valence-corrected chi connectivity index (χ3v) is 3.25. The lowest BCUT2D eigenvalue weighted by Gasteiger charge is -2.23. The van der Waals surface area contributed by atoms with Gasteiger partial charge in [-0.05, 0) is 25.2 Å². The maximum absolute atomic E-state index is 12.5. The van der Waals surface area contributed by atoms with Crippen molar-refractivity contribution in [2.45, 2.75) is 46.1 Å². The van der Waals surface area contributed by atoms with Crippen molar-refractivity contribution in [2.75, 3.05) is 12.3 Å². The Hall–Kier alpha value is -1.52. The number of nitrogens with two attached hydrogens (primary N) is 1. The Kier molecular flexibility index (Phi) is 3.59. The molecule has 0 aliphatic heterocycles. The highest BCUT2D eigenvalue weighted by Gasteiger charge is 2.35. The molecule has 0 unspecified atom stereocenters. The number of carbonyl (C=O) groups excluding carboxylic acids is 1. The summed E-state index contributed by atoms with van der Waals surface area (Å²) in [7, 11) is 0. The molecule has 0 spiro atoms. The van der Waals surface area contributed by atoms with Gasteiger partial charge in [0, 0.05) is 12.6 Å². The molecule has 3 N–H and O–H groups in total. The molecule has 0 saturated heterocycles. The van der Waals surface area contributed by atoms with Crippen LogP contribution in [0, 0.1) is 5.92 Å². The van der Waals surface area contributed by atoms with Crippen LogP contribution in [0.1, 0.15) is 49.8 Å². The molecule has 0 radical (unpaired) electrons. The number of aromatic nitrogens is 2. The molecule has 100 valence electrons. The summed E-state index contributed by atoms with van der Waals surface area (Å²) in [6.45, 7) is 7.00. The van der Waals surface area contributed by atoms with Gasteiger partial charge in [-0.15, -0.1) is 0 Å². The number of rotatable bonds is 5. The van der Waals surface area contributed by atoms with Crippen LogP contribution in [0.25, 0.3) is 0 Å². The Labute approximate surface area is 108 Å². The highest BCUT2D eigenvalue weighted by molar-refractivity contribution is 5.98. The second-order valence-electron chi connectivity index (χ2n) is 5.40. The van der Waals surface area contributed by atoms with Crippen LogP contribution in [-0.4, -0.2) is 33.6 Å². The molecule has 5 nitrogen and oxygen atoms in total. The van der Waals surface area contributed by atoms with Crippen LogP contribution >= 0.6 is 0 Å². The molecule has 1 aromatic heterocycles. The predicted octanol–water partition coefficient (Wildman–Crippen LogP) is 1.81. The first kappa shape index (κ1) is 12.9. The molecule has 1 aliphatic carbocycles. The van der Waals surface area contributed by atoms with Gasteiger partial charge in [0.25, 0.3) is 5.91 Å². The molecule has 0 bridgehead atoms. The number of hydrogen-bond acceptors (Lipinski definition) is 3. The summed E-state index contributed by atoms with van der Waals surface area (Å²) in [5.74, 6) is 0.431. The van der Waals surface area contributed by atoms with Crippen molar-refractivity contribution in [3.63, 3.8) is 0 Å².